The second kappa shape index (κ2) is 7.46. The quantitative estimate of drug-likeness (QED) is 0.905. The van der Waals surface area contributed by atoms with E-state index in [4.69, 9.17) is 27.9 Å². The molecule has 1 unspecified atom stereocenters. The molecule has 0 aromatic heterocycles. The SMILES string of the molecule is CC(CN1CCOCC1)NCc1ccc(Cl)cc1Cl. The van der Waals surface area contributed by atoms with Gasteiger partial charge >= 0.3 is 0 Å². The molecule has 3 nitrogen and oxygen atoms in total. The number of benzene rings is 1. The average molecular weight is 303 g/mol. The van der Waals surface area contributed by atoms with Gasteiger partial charge in [0, 0.05) is 42.3 Å². The van der Waals surface area contributed by atoms with Crippen LogP contribution >= 0.6 is 23.2 Å². The van der Waals surface area contributed by atoms with Gasteiger partial charge in [0.2, 0.25) is 0 Å². The molecule has 0 radical (unpaired) electrons. The Morgan fingerprint density at radius 2 is 2.05 bits per heavy atom. The van der Waals surface area contributed by atoms with Crippen molar-refractivity contribution in [1.29, 1.82) is 0 Å². The van der Waals surface area contributed by atoms with Gasteiger partial charge in [0.15, 0.2) is 0 Å². The lowest BCUT2D eigenvalue weighted by atomic mass is 10.2. The molecule has 106 valence electrons. The summed E-state index contributed by atoms with van der Waals surface area (Å²) in [7, 11) is 0. The maximum absolute atomic E-state index is 6.15. The van der Waals surface area contributed by atoms with Crippen molar-refractivity contribution in [3.63, 3.8) is 0 Å². The van der Waals surface area contributed by atoms with Gasteiger partial charge in [0.1, 0.15) is 0 Å². The first-order chi connectivity index (χ1) is 9.15. The standard InChI is InChI=1S/C14H20Cl2N2O/c1-11(10-18-4-6-19-7-5-18)17-9-12-2-3-13(15)8-14(12)16/h2-3,8,11,17H,4-7,9-10H2,1H3. The molecule has 5 heteroatoms. The van der Waals surface area contributed by atoms with Gasteiger partial charge in [-0.3, -0.25) is 4.90 Å². The van der Waals surface area contributed by atoms with E-state index in [0.717, 1.165) is 50.0 Å². The Morgan fingerprint density at radius 3 is 2.74 bits per heavy atom. The topological polar surface area (TPSA) is 24.5 Å². The first-order valence-corrected chi connectivity index (χ1v) is 7.38. The fourth-order valence-corrected chi connectivity index (χ4v) is 2.66. The summed E-state index contributed by atoms with van der Waals surface area (Å²) in [6, 6.07) is 6.05. The second-order valence-corrected chi connectivity index (χ2v) is 5.77. The van der Waals surface area contributed by atoms with Crippen molar-refractivity contribution < 1.29 is 4.74 Å². The number of halogens is 2. The molecular weight excluding hydrogens is 283 g/mol. The average Bonchev–Trinajstić information content (AvgIpc) is 2.39. The summed E-state index contributed by atoms with van der Waals surface area (Å²) in [6.45, 7) is 7.72. The summed E-state index contributed by atoms with van der Waals surface area (Å²) in [5.41, 5.74) is 1.08. The Balaban J connectivity index is 1.77. The van der Waals surface area contributed by atoms with Crippen LogP contribution < -0.4 is 5.32 Å². The van der Waals surface area contributed by atoms with Crippen LogP contribution in [-0.4, -0.2) is 43.8 Å². The van der Waals surface area contributed by atoms with Crippen LogP contribution in [0.5, 0.6) is 0 Å². The van der Waals surface area contributed by atoms with Crippen molar-refractivity contribution >= 4 is 23.2 Å². The van der Waals surface area contributed by atoms with Crippen LogP contribution in [0.15, 0.2) is 18.2 Å². The Bertz CT molecular complexity index is 408. The normalized spacial score (nSPS) is 18.5. The van der Waals surface area contributed by atoms with Gasteiger partial charge in [0.05, 0.1) is 13.2 Å². The molecule has 1 N–H and O–H groups in total. The van der Waals surface area contributed by atoms with Gasteiger partial charge in [-0.1, -0.05) is 29.3 Å². The van der Waals surface area contributed by atoms with Gasteiger partial charge < -0.3 is 10.1 Å². The summed E-state index contributed by atoms with van der Waals surface area (Å²) < 4.78 is 5.35. The molecule has 0 saturated carbocycles. The van der Waals surface area contributed by atoms with Gasteiger partial charge in [-0.25, -0.2) is 0 Å². The minimum absolute atomic E-state index is 0.421. The highest BCUT2D eigenvalue weighted by molar-refractivity contribution is 6.35. The molecule has 0 spiro atoms. The van der Waals surface area contributed by atoms with Crippen molar-refractivity contribution in [3.05, 3.63) is 33.8 Å². The zero-order valence-corrected chi connectivity index (χ0v) is 12.7. The van der Waals surface area contributed by atoms with Crippen LogP contribution in [0, 0.1) is 0 Å². The fourth-order valence-electron chi connectivity index (χ4n) is 2.18. The second-order valence-electron chi connectivity index (χ2n) is 4.93. The molecule has 1 saturated heterocycles. The van der Waals surface area contributed by atoms with Crippen LogP contribution in [-0.2, 0) is 11.3 Å². The third-order valence-corrected chi connectivity index (χ3v) is 3.88. The smallest absolute Gasteiger partial charge is 0.0594 e. The van der Waals surface area contributed by atoms with E-state index in [1.807, 2.05) is 12.1 Å². The molecule has 0 aliphatic carbocycles. The number of nitrogens with one attached hydrogen (secondary N) is 1. The van der Waals surface area contributed by atoms with E-state index in [9.17, 15) is 0 Å². The molecule has 19 heavy (non-hydrogen) atoms. The Morgan fingerprint density at radius 1 is 1.32 bits per heavy atom. The van der Waals surface area contributed by atoms with Crippen molar-refractivity contribution in [2.45, 2.75) is 19.5 Å². The van der Waals surface area contributed by atoms with Gasteiger partial charge in [0.25, 0.3) is 0 Å². The Hall–Kier alpha value is -0.320. The summed E-state index contributed by atoms with van der Waals surface area (Å²) in [4.78, 5) is 2.42. The highest BCUT2D eigenvalue weighted by atomic mass is 35.5. The highest BCUT2D eigenvalue weighted by Crippen LogP contribution is 2.20. The number of hydrogen-bond donors (Lipinski definition) is 1. The summed E-state index contributed by atoms with van der Waals surface area (Å²) in [6.07, 6.45) is 0. The van der Waals surface area contributed by atoms with Crippen molar-refractivity contribution in [2.75, 3.05) is 32.8 Å². The first kappa shape index (κ1) is 15.1. The number of hydrogen-bond acceptors (Lipinski definition) is 3. The van der Waals surface area contributed by atoms with Crippen molar-refractivity contribution in [1.82, 2.24) is 10.2 Å². The Labute approximate surface area is 124 Å². The fraction of sp³-hybridized carbons (Fsp3) is 0.571. The molecule has 1 aromatic rings. The molecular formula is C14H20Cl2N2O. The van der Waals surface area contributed by atoms with Crippen molar-refractivity contribution in [2.24, 2.45) is 0 Å². The number of morpholine rings is 1. The van der Waals surface area contributed by atoms with Gasteiger partial charge in [-0.15, -0.1) is 0 Å². The summed E-state index contributed by atoms with van der Waals surface area (Å²) in [5, 5.41) is 4.89. The number of ether oxygens (including phenoxy) is 1. The van der Waals surface area contributed by atoms with E-state index in [0.29, 0.717) is 11.1 Å². The molecule has 0 bridgehead atoms. The van der Waals surface area contributed by atoms with E-state index in [-0.39, 0.29) is 0 Å². The van der Waals surface area contributed by atoms with E-state index in [2.05, 4.69) is 17.1 Å². The summed E-state index contributed by atoms with van der Waals surface area (Å²) in [5.74, 6) is 0. The molecule has 0 amide bonds. The van der Waals surface area contributed by atoms with Crippen LogP contribution in [0.1, 0.15) is 12.5 Å². The highest BCUT2D eigenvalue weighted by Gasteiger charge is 2.13. The largest absolute Gasteiger partial charge is 0.379 e. The number of rotatable bonds is 5. The van der Waals surface area contributed by atoms with Gasteiger partial charge in [-0.2, -0.15) is 0 Å². The first-order valence-electron chi connectivity index (χ1n) is 6.62. The van der Waals surface area contributed by atoms with Crippen LogP contribution in [0.3, 0.4) is 0 Å². The van der Waals surface area contributed by atoms with Crippen LogP contribution in [0.25, 0.3) is 0 Å². The van der Waals surface area contributed by atoms with Crippen molar-refractivity contribution in [3.8, 4) is 0 Å². The van der Waals surface area contributed by atoms with E-state index in [1.165, 1.54) is 0 Å². The van der Waals surface area contributed by atoms with E-state index >= 15 is 0 Å². The van der Waals surface area contributed by atoms with Crippen LogP contribution in [0.2, 0.25) is 10.0 Å². The summed E-state index contributed by atoms with van der Waals surface area (Å²) >= 11 is 12.0. The monoisotopic (exact) mass is 302 g/mol. The Kier molecular flexibility index (Phi) is 5.92. The maximum atomic E-state index is 6.15. The lowest BCUT2D eigenvalue weighted by molar-refractivity contribution is 0.0343. The molecule has 2 rings (SSSR count). The molecule has 1 aliphatic rings. The minimum atomic E-state index is 0.421. The predicted molar refractivity (Wildman–Crippen MR) is 80.0 cm³/mol. The predicted octanol–water partition coefficient (Wildman–Crippen LogP) is 2.80. The minimum Gasteiger partial charge on any atom is -0.379 e. The molecule has 1 aliphatic heterocycles. The third-order valence-electron chi connectivity index (χ3n) is 3.29. The molecule has 1 aromatic carbocycles. The lowest BCUT2D eigenvalue weighted by Crippen LogP contribution is -2.44. The third kappa shape index (κ3) is 4.93. The molecule has 1 atom stereocenters. The van der Waals surface area contributed by atoms with Crippen LogP contribution in [0.4, 0.5) is 0 Å². The number of nitrogens with zero attached hydrogens (tertiary/aromatic N) is 1. The lowest BCUT2D eigenvalue weighted by Gasteiger charge is -2.29. The van der Waals surface area contributed by atoms with E-state index < -0.39 is 0 Å². The zero-order valence-electron chi connectivity index (χ0n) is 11.2. The molecule has 1 fully saturated rings. The van der Waals surface area contributed by atoms with E-state index in [1.54, 1.807) is 6.07 Å². The maximum Gasteiger partial charge on any atom is 0.0594 e. The molecule has 1 heterocycles. The van der Waals surface area contributed by atoms with Gasteiger partial charge in [-0.05, 0) is 24.6 Å². The zero-order chi connectivity index (χ0) is 13.7.